The van der Waals surface area contributed by atoms with Crippen LogP contribution < -0.4 is 0 Å². The summed E-state index contributed by atoms with van der Waals surface area (Å²) >= 11 is 0. The van der Waals surface area contributed by atoms with Gasteiger partial charge in [0.2, 0.25) is 11.7 Å². The number of nitro benzene ring substituents is 1. The van der Waals surface area contributed by atoms with Gasteiger partial charge in [0.1, 0.15) is 6.54 Å². The molecule has 138 valence electrons. The standard InChI is InChI=1S/C19H16FN3O4/c20-15-6-5-13(9-16(15)23(26)27)19(25)21-10-17-14-4-2-1-3-12(14)7-8-22(17)18(24)11-21/h1-6,9,17H,7-8,10-11H2. The Morgan fingerprint density at radius 3 is 2.78 bits per heavy atom. The normalized spacial score (nSPS) is 18.7. The van der Waals surface area contributed by atoms with Crippen LogP contribution in [0.2, 0.25) is 0 Å². The summed E-state index contributed by atoms with van der Waals surface area (Å²) in [6.07, 6.45) is 0.774. The molecule has 2 aliphatic rings. The molecule has 1 saturated heterocycles. The molecule has 27 heavy (non-hydrogen) atoms. The molecule has 0 spiro atoms. The fourth-order valence-electron chi connectivity index (χ4n) is 3.80. The summed E-state index contributed by atoms with van der Waals surface area (Å²) in [5.41, 5.74) is 1.40. The lowest BCUT2D eigenvalue weighted by Crippen LogP contribution is -2.55. The molecule has 8 heteroatoms. The quantitative estimate of drug-likeness (QED) is 0.601. The molecule has 1 fully saturated rings. The second-order valence-corrected chi connectivity index (χ2v) is 6.66. The van der Waals surface area contributed by atoms with E-state index in [-0.39, 0.29) is 24.1 Å². The smallest absolute Gasteiger partial charge is 0.305 e. The summed E-state index contributed by atoms with van der Waals surface area (Å²) in [4.78, 5) is 38.6. The number of hydrogen-bond donors (Lipinski definition) is 0. The molecule has 0 radical (unpaired) electrons. The van der Waals surface area contributed by atoms with Crippen molar-refractivity contribution in [2.75, 3.05) is 19.6 Å². The van der Waals surface area contributed by atoms with Crippen LogP contribution in [-0.4, -0.2) is 46.2 Å². The van der Waals surface area contributed by atoms with Crippen molar-refractivity contribution in [2.45, 2.75) is 12.5 Å². The molecule has 0 N–H and O–H groups in total. The molecule has 0 aromatic heterocycles. The largest absolute Gasteiger partial charge is 0.332 e. The molecule has 1 unspecified atom stereocenters. The third-order valence-corrected chi connectivity index (χ3v) is 5.13. The van der Waals surface area contributed by atoms with E-state index in [2.05, 4.69) is 0 Å². The molecule has 2 amide bonds. The Labute approximate surface area is 154 Å². The van der Waals surface area contributed by atoms with Crippen LogP contribution in [0.4, 0.5) is 10.1 Å². The average molecular weight is 369 g/mol. The number of hydrogen-bond acceptors (Lipinski definition) is 4. The fourth-order valence-corrected chi connectivity index (χ4v) is 3.80. The molecular weight excluding hydrogens is 353 g/mol. The molecule has 7 nitrogen and oxygen atoms in total. The highest BCUT2D eigenvalue weighted by Crippen LogP contribution is 2.33. The monoisotopic (exact) mass is 369 g/mol. The number of nitrogens with zero attached hydrogens (tertiary/aromatic N) is 3. The topological polar surface area (TPSA) is 83.8 Å². The lowest BCUT2D eigenvalue weighted by atomic mass is 9.90. The number of amides is 2. The lowest BCUT2D eigenvalue weighted by molar-refractivity contribution is -0.387. The molecule has 2 aromatic carbocycles. The summed E-state index contributed by atoms with van der Waals surface area (Å²) in [5.74, 6) is -1.68. The van der Waals surface area contributed by atoms with Gasteiger partial charge in [-0.05, 0) is 29.7 Å². The van der Waals surface area contributed by atoms with Crippen molar-refractivity contribution in [3.05, 3.63) is 75.1 Å². The van der Waals surface area contributed by atoms with Crippen molar-refractivity contribution in [1.29, 1.82) is 0 Å². The van der Waals surface area contributed by atoms with Gasteiger partial charge in [0.15, 0.2) is 0 Å². The van der Waals surface area contributed by atoms with Gasteiger partial charge in [-0.1, -0.05) is 24.3 Å². The number of carbonyl (C=O) groups is 2. The first-order valence-corrected chi connectivity index (χ1v) is 8.56. The van der Waals surface area contributed by atoms with Gasteiger partial charge >= 0.3 is 5.69 Å². The van der Waals surface area contributed by atoms with E-state index >= 15 is 0 Å². The van der Waals surface area contributed by atoms with Gasteiger partial charge in [-0.15, -0.1) is 0 Å². The Morgan fingerprint density at radius 2 is 2.00 bits per heavy atom. The molecule has 2 heterocycles. The molecule has 2 aromatic rings. The van der Waals surface area contributed by atoms with Crippen LogP contribution in [0.3, 0.4) is 0 Å². The molecule has 1 atom stereocenters. The first-order chi connectivity index (χ1) is 13.0. The maximum absolute atomic E-state index is 13.5. The highest BCUT2D eigenvalue weighted by atomic mass is 19.1. The van der Waals surface area contributed by atoms with Crippen LogP contribution in [0.15, 0.2) is 42.5 Å². The fraction of sp³-hybridized carbons (Fsp3) is 0.263. The maximum atomic E-state index is 13.5. The lowest BCUT2D eigenvalue weighted by Gasteiger charge is -2.44. The molecule has 0 aliphatic carbocycles. The van der Waals surface area contributed by atoms with Crippen molar-refractivity contribution < 1.29 is 18.9 Å². The second kappa shape index (κ2) is 6.46. The van der Waals surface area contributed by atoms with E-state index in [1.807, 2.05) is 24.3 Å². The highest BCUT2D eigenvalue weighted by Gasteiger charge is 2.38. The summed E-state index contributed by atoms with van der Waals surface area (Å²) < 4.78 is 13.5. The van der Waals surface area contributed by atoms with Gasteiger partial charge in [0.25, 0.3) is 5.91 Å². The predicted octanol–water partition coefficient (Wildman–Crippen LogP) is 2.32. The van der Waals surface area contributed by atoms with Crippen LogP contribution in [-0.2, 0) is 11.2 Å². The van der Waals surface area contributed by atoms with E-state index in [1.165, 1.54) is 11.0 Å². The first-order valence-electron chi connectivity index (χ1n) is 8.56. The number of halogens is 1. The number of benzene rings is 2. The van der Waals surface area contributed by atoms with Gasteiger partial charge < -0.3 is 9.80 Å². The number of nitro groups is 1. The van der Waals surface area contributed by atoms with Gasteiger partial charge in [-0.25, -0.2) is 0 Å². The van der Waals surface area contributed by atoms with Gasteiger partial charge in [0.05, 0.1) is 11.0 Å². The van der Waals surface area contributed by atoms with Crippen LogP contribution in [0.1, 0.15) is 27.5 Å². The van der Waals surface area contributed by atoms with Crippen molar-refractivity contribution >= 4 is 17.5 Å². The van der Waals surface area contributed by atoms with Gasteiger partial charge in [-0.2, -0.15) is 4.39 Å². The summed E-state index contributed by atoms with van der Waals surface area (Å²) in [5, 5.41) is 10.9. The Bertz CT molecular complexity index is 962. The number of piperazine rings is 1. The number of rotatable bonds is 2. The molecule has 0 bridgehead atoms. The van der Waals surface area contributed by atoms with Crippen LogP contribution in [0.5, 0.6) is 0 Å². The molecule has 4 rings (SSSR count). The SMILES string of the molecule is O=C(c1ccc(F)c([N+](=O)[O-])c1)N1CC(=O)N2CCc3ccccc3C2C1. The zero-order valence-electron chi connectivity index (χ0n) is 14.3. The maximum Gasteiger partial charge on any atom is 0.305 e. The molecular formula is C19H16FN3O4. The zero-order chi connectivity index (χ0) is 19.1. The third kappa shape index (κ3) is 2.92. The van der Waals surface area contributed by atoms with E-state index in [0.29, 0.717) is 13.1 Å². The average Bonchev–Trinajstić information content (AvgIpc) is 2.67. The van der Waals surface area contributed by atoms with E-state index in [1.54, 1.807) is 4.90 Å². The first kappa shape index (κ1) is 17.1. The summed E-state index contributed by atoms with van der Waals surface area (Å²) in [6.45, 7) is 0.806. The minimum Gasteiger partial charge on any atom is -0.332 e. The van der Waals surface area contributed by atoms with Crippen molar-refractivity contribution in [2.24, 2.45) is 0 Å². The van der Waals surface area contributed by atoms with E-state index in [9.17, 15) is 24.1 Å². The Balaban J connectivity index is 1.64. The minimum absolute atomic E-state index is 0.00607. The van der Waals surface area contributed by atoms with Crippen LogP contribution >= 0.6 is 0 Å². The van der Waals surface area contributed by atoms with E-state index in [0.717, 1.165) is 29.7 Å². The van der Waals surface area contributed by atoms with Crippen molar-refractivity contribution in [3.8, 4) is 0 Å². The number of carbonyl (C=O) groups excluding carboxylic acids is 2. The second-order valence-electron chi connectivity index (χ2n) is 6.66. The van der Waals surface area contributed by atoms with Crippen molar-refractivity contribution in [1.82, 2.24) is 9.80 Å². The minimum atomic E-state index is -1.00. The van der Waals surface area contributed by atoms with Gasteiger partial charge in [-0.3, -0.25) is 19.7 Å². The Kier molecular flexibility index (Phi) is 4.10. The van der Waals surface area contributed by atoms with E-state index in [4.69, 9.17) is 0 Å². The zero-order valence-corrected chi connectivity index (χ0v) is 14.3. The van der Waals surface area contributed by atoms with Crippen molar-refractivity contribution in [3.63, 3.8) is 0 Å². The molecule has 2 aliphatic heterocycles. The van der Waals surface area contributed by atoms with E-state index < -0.39 is 22.3 Å². The van der Waals surface area contributed by atoms with Crippen LogP contribution in [0, 0.1) is 15.9 Å². The molecule has 0 saturated carbocycles. The third-order valence-electron chi connectivity index (χ3n) is 5.13. The summed E-state index contributed by atoms with van der Waals surface area (Å²) in [7, 11) is 0. The summed E-state index contributed by atoms with van der Waals surface area (Å²) in [6, 6.07) is 10.6. The Morgan fingerprint density at radius 1 is 1.22 bits per heavy atom. The van der Waals surface area contributed by atoms with Crippen LogP contribution in [0.25, 0.3) is 0 Å². The number of fused-ring (bicyclic) bond motifs is 3. The Hall–Kier alpha value is -3.29. The highest BCUT2D eigenvalue weighted by molar-refractivity contribution is 5.97. The van der Waals surface area contributed by atoms with Gasteiger partial charge in [0, 0.05) is 24.7 Å². The predicted molar refractivity (Wildman–Crippen MR) is 93.6 cm³/mol.